The lowest BCUT2D eigenvalue weighted by Gasteiger charge is -2.33. The second-order valence-electron chi connectivity index (χ2n) is 5.09. The number of nitrogens with zero attached hydrogens (tertiary/aromatic N) is 2. The number of piperazine rings is 1. The Kier molecular flexibility index (Phi) is 4.74. The summed E-state index contributed by atoms with van der Waals surface area (Å²) in [5.74, 6) is 0.0472. The van der Waals surface area contributed by atoms with E-state index in [9.17, 15) is 9.59 Å². The van der Waals surface area contributed by atoms with Gasteiger partial charge in [0.1, 0.15) is 6.54 Å². The zero-order valence-electron chi connectivity index (χ0n) is 11.8. The van der Waals surface area contributed by atoms with E-state index in [0.29, 0.717) is 19.6 Å². The van der Waals surface area contributed by atoms with Gasteiger partial charge in [-0.25, -0.2) is 0 Å². The number of carbonyl (C=O) groups is 2. The molecular formula is C15H21N3O2. The van der Waals surface area contributed by atoms with Gasteiger partial charge in [-0.05, 0) is 17.5 Å². The van der Waals surface area contributed by atoms with Crippen LogP contribution in [0.4, 0.5) is 0 Å². The van der Waals surface area contributed by atoms with Gasteiger partial charge in [-0.15, -0.1) is 0 Å². The van der Waals surface area contributed by atoms with E-state index in [1.807, 2.05) is 31.2 Å². The summed E-state index contributed by atoms with van der Waals surface area (Å²) in [6, 6.07) is 7.82. The van der Waals surface area contributed by atoms with E-state index in [2.05, 4.69) is 0 Å². The summed E-state index contributed by atoms with van der Waals surface area (Å²) < 4.78 is 0. The van der Waals surface area contributed by atoms with Crippen LogP contribution in [0, 0.1) is 0 Å². The molecule has 108 valence electrons. The van der Waals surface area contributed by atoms with Crippen LogP contribution < -0.4 is 5.73 Å². The second kappa shape index (κ2) is 6.52. The molecule has 0 radical (unpaired) electrons. The standard InChI is InChI=1S/C15H21N3O2/c1-2-7-17-10-15(20)18(11-14(17)19)9-13-5-3-12(8-16)4-6-13/h3-6H,2,7-11,16H2,1H3. The van der Waals surface area contributed by atoms with Crippen molar-refractivity contribution in [3.8, 4) is 0 Å². The molecule has 0 unspecified atom stereocenters. The van der Waals surface area contributed by atoms with Crippen molar-refractivity contribution in [2.75, 3.05) is 19.6 Å². The lowest BCUT2D eigenvalue weighted by Crippen LogP contribution is -2.53. The number of amides is 2. The molecule has 5 nitrogen and oxygen atoms in total. The Bertz CT molecular complexity index is 484. The van der Waals surface area contributed by atoms with E-state index in [4.69, 9.17) is 5.73 Å². The molecule has 1 saturated heterocycles. The Labute approximate surface area is 119 Å². The maximum Gasteiger partial charge on any atom is 0.242 e. The average Bonchev–Trinajstić information content (AvgIpc) is 2.45. The molecular weight excluding hydrogens is 254 g/mol. The molecule has 2 rings (SSSR count). The molecule has 1 aliphatic heterocycles. The van der Waals surface area contributed by atoms with Crippen molar-refractivity contribution in [1.29, 1.82) is 0 Å². The quantitative estimate of drug-likeness (QED) is 0.861. The van der Waals surface area contributed by atoms with E-state index < -0.39 is 0 Å². The number of benzene rings is 1. The van der Waals surface area contributed by atoms with Gasteiger partial charge >= 0.3 is 0 Å². The van der Waals surface area contributed by atoms with Crippen molar-refractivity contribution >= 4 is 11.8 Å². The lowest BCUT2D eigenvalue weighted by molar-refractivity contribution is -0.150. The average molecular weight is 275 g/mol. The number of hydrogen-bond donors (Lipinski definition) is 1. The molecule has 0 atom stereocenters. The Morgan fingerprint density at radius 1 is 1.00 bits per heavy atom. The van der Waals surface area contributed by atoms with E-state index in [-0.39, 0.29) is 24.9 Å². The lowest BCUT2D eigenvalue weighted by atomic mass is 10.1. The highest BCUT2D eigenvalue weighted by Crippen LogP contribution is 2.12. The smallest absolute Gasteiger partial charge is 0.242 e. The molecule has 1 fully saturated rings. The first-order chi connectivity index (χ1) is 9.63. The number of carbonyl (C=O) groups excluding carboxylic acids is 2. The van der Waals surface area contributed by atoms with Crippen molar-refractivity contribution in [2.24, 2.45) is 5.73 Å². The van der Waals surface area contributed by atoms with Crippen LogP contribution in [0.5, 0.6) is 0 Å². The molecule has 20 heavy (non-hydrogen) atoms. The summed E-state index contributed by atoms with van der Waals surface area (Å²) in [7, 11) is 0. The molecule has 0 aliphatic carbocycles. The highest BCUT2D eigenvalue weighted by Gasteiger charge is 2.28. The predicted octanol–water partition coefficient (Wildman–Crippen LogP) is 0.726. The van der Waals surface area contributed by atoms with Crippen LogP contribution in [0.2, 0.25) is 0 Å². The highest BCUT2D eigenvalue weighted by molar-refractivity contribution is 5.92. The fraction of sp³-hybridized carbons (Fsp3) is 0.467. The van der Waals surface area contributed by atoms with Gasteiger partial charge in [0.15, 0.2) is 0 Å². The van der Waals surface area contributed by atoms with Crippen molar-refractivity contribution in [1.82, 2.24) is 9.80 Å². The Balaban J connectivity index is 1.99. The van der Waals surface area contributed by atoms with Gasteiger partial charge in [0.2, 0.25) is 11.8 Å². The van der Waals surface area contributed by atoms with Gasteiger partial charge in [0, 0.05) is 19.6 Å². The summed E-state index contributed by atoms with van der Waals surface area (Å²) in [5.41, 5.74) is 7.63. The summed E-state index contributed by atoms with van der Waals surface area (Å²) in [4.78, 5) is 27.3. The van der Waals surface area contributed by atoms with Gasteiger partial charge in [-0.2, -0.15) is 0 Å². The third-order valence-electron chi connectivity index (χ3n) is 3.48. The van der Waals surface area contributed by atoms with Crippen LogP contribution in [-0.2, 0) is 22.7 Å². The van der Waals surface area contributed by atoms with E-state index in [1.165, 1.54) is 0 Å². The molecule has 1 aromatic rings. The van der Waals surface area contributed by atoms with Crippen molar-refractivity contribution in [3.05, 3.63) is 35.4 Å². The molecule has 0 saturated carbocycles. The number of rotatable bonds is 5. The van der Waals surface area contributed by atoms with Gasteiger partial charge in [-0.1, -0.05) is 31.2 Å². The number of nitrogens with two attached hydrogens (primary N) is 1. The SMILES string of the molecule is CCCN1CC(=O)N(Cc2ccc(CN)cc2)CC1=O. The number of hydrogen-bond acceptors (Lipinski definition) is 3. The van der Waals surface area contributed by atoms with Crippen LogP contribution in [0.1, 0.15) is 24.5 Å². The topological polar surface area (TPSA) is 66.6 Å². The van der Waals surface area contributed by atoms with E-state index in [1.54, 1.807) is 9.80 Å². The summed E-state index contributed by atoms with van der Waals surface area (Å²) in [6.45, 7) is 4.03. The molecule has 0 spiro atoms. The third-order valence-corrected chi connectivity index (χ3v) is 3.48. The summed E-state index contributed by atoms with van der Waals surface area (Å²) in [5, 5.41) is 0. The van der Waals surface area contributed by atoms with Crippen LogP contribution in [0.3, 0.4) is 0 Å². The van der Waals surface area contributed by atoms with E-state index in [0.717, 1.165) is 17.5 Å². The molecule has 5 heteroatoms. The molecule has 2 N–H and O–H groups in total. The second-order valence-corrected chi connectivity index (χ2v) is 5.09. The molecule has 2 amide bonds. The first-order valence-electron chi connectivity index (χ1n) is 6.97. The van der Waals surface area contributed by atoms with Crippen molar-refractivity contribution in [2.45, 2.75) is 26.4 Å². The largest absolute Gasteiger partial charge is 0.332 e. The molecule has 0 bridgehead atoms. The third kappa shape index (κ3) is 3.36. The van der Waals surface area contributed by atoms with Crippen LogP contribution in [-0.4, -0.2) is 41.2 Å². The van der Waals surface area contributed by atoms with Crippen LogP contribution in [0.15, 0.2) is 24.3 Å². The summed E-state index contributed by atoms with van der Waals surface area (Å²) in [6.07, 6.45) is 0.875. The highest BCUT2D eigenvalue weighted by atomic mass is 16.2. The van der Waals surface area contributed by atoms with Crippen LogP contribution >= 0.6 is 0 Å². The molecule has 1 heterocycles. The maximum atomic E-state index is 12.1. The normalized spacial score (nSPS) is 15.9. The fourth-order valence-corrected chi connectivity index (χ4v) is 2.32. The van der Waals surface area contributed by atoms with Gasteiger partial charge < -0.3 is 15.5 Å². The zero-order chi connectivity index (χ0) is 14.5. The van der Waals surface area contributed by atoms with Gasteiger partial charge in [0.25, 0.3) is 0 Å². The minimum absolute atomic E-state index is 0.0148. The van der Waals surface area contributed by atoms with E-state index >= 15 is 0 Å². The Morgan fingerprint density at radius 3 is 2.15 bits per heavy atom. The monoisotopic (exact) mass is 275 g/mol. The van der Waals surface area contributed by atoms with Gasteiger partial charge in [0.05, 0.1) is 6.54 Å². The van der Waals surface area contributed by atoms with Crippen LogP contribution in [0.25, 0.3) is 0 Å². The first-order valence-corrected chi connectivity index (χ1v) is 6.97. The minimum Gasteiger partial charge on any atom is -0.332 e. The Morgan fingerprint density at radius 2 is 1.55 bits per heavy atom. The van der Waals surface area contributed by atoms with Crippen molar-refractivity contribution < 1.29 is 9.59 Å². The summed E-state index contributed by atoms with van der Waals surface area (Å²) >= 11 is 0. The molecule has 1 aromatic carbocycles. The molecule has 0 aromatic heterocycles. The maximum absolute atomic E-state index is 12.1. The fourth-order valence-electron chi connectivity index (χ4n) is 2.32. The predicted molar refractivity (Wildman–Crippen MR) is 76.6 cm³/mol. The molecule has 1 aliphatic rings. The zero-order valence-corrected chi connectivity index (χ0v) is 11.8. The minimum atomic E-state index is 0.0148. The van der Waals surface area contributed by atoms with Gasteiger partial charge in [-0.3, -0.25) is 9.59 Å². The van der Waals surface area contributed by atoms with Crippen molar-refractivity contribution in [3.63, 3.8) is 0 Å². The Hall–Kier alpha value is -1.88. The first kappa shape index (κ1) is 14.5.